The van der Waals surface area contributed by atoms with Gasteiger partial charge in [0.15, 0.2) is 0 Å². The fraction of sp³-hybridized carbons (Fsp3) is 0.571. The van der Waals surface area contributed by atoms with Crippen LogP contribution < -0.4 is 10.5 Å². The van der Waals surface area contributed by atoms with Gasteiger partial charge in [-0.3, -0.25) is 0 Å². The van der Waals surface area contributed by atoms with Crippen molar-refractivity contribution in [2.75, 3.05) is 0 Å². The van der Waals surface area contributed by atoms with Gasteiger partial charge in [-0.15, -0.1) is 0 Å². The number of hydrogen-bond acceptors (Lipinski definition) is 2. The van der Waals surface area contributed by atoms with Gasteiger partial charge in [0, 0.05) is 11.6 Å². The smallest absolute Gasteiger partial charge is 0.124 e. The molecule has 0 bridgehead atoms. The van der Waals surface area contributed by atoms with Gasteiger partial charge in [0.05, 0.1) is 6.10 Å². The van der Waals surface area contributed by atoms with Crippen molar-refractivity contribution in [1.29, 1.82) is 0 Å². The van der Waals surface area contributed by atoms with Crippen LogP contribution >= 0.6 is 0 Å². The summed E-state index contributed by atoms with van der Waals surface area (Å²) in [5.41, 5.74) is 7.18. The first-order valence-corrected chi connectivity index (χ1v) is 6.20. The zero-order chi connectivity index (χ0) is 12.0. The van der Waals surface area contributed by atoms with Crippen LogP contribution in [0.4, 0.5) is 0 Å². The number of hydrogen-bond donors (Lipinski definition) is 1. The van der Waals surface area contributed by atoms with Crippen LogP contribution in [0.2, 0.25) is 0 Å². The number of ether oxygens (including phenoxy) is 1. The highest BCUT2D eigenvalue weighted by Crippen LogP contribution is 2.26. The van der Waals surface area contributed by atoms with E-state index in [1.807, 2.05) is 18.2 Å². The van der Waals surface area contributed by atoms with E-state index >= 15 is 0 Å². The first-order chi connectivity index (χ1) is 7.69. The van der Waals surface area contributed by atoms with E-state index in [2.05, 4.69) is 26.8 Å². The van der Waals surface area contributed by atoms with Crippen molar-refractivity contribution < 1.29 is 4.74 Å². The van der Waals surface area contributed by atoms with Crippen LogP contribution in [0.3, 0.4) is 0 Å². The molecule has 2 heteroatoms. The Morgan fingerprint density at radius 1 is 1.25 bits per heavy atom. The second-order valence-corrected chi connectivity index (χ2v) is 4.27. The molecule has 1 aromatic rings. The Hall–Kier alpha value is -1.02. The van der Waals surface area contributed by atoms with Gasteiger partial charge >= 0.3 is 0 Å². The normalized spacial score (nSPS) is 14.5. The van der Waals surface area contributed by atoms with Crippen molar-refractivity contribution >= 4 is 0 Å². The molecule has 0 aliphatic rings. The monoisotopic (exact) mass is 221 g/mol. The van der Waals surface area contributed by atoms with Gasteiger partial charge in [-0.05, 0) is 25.8 Å². The van der Waals surface area contributed by atoms with E-state index in [1.165, 1.54) is 0 Å². The lowest BCUT2D eigenvalue weighted by atomic mass is 10.0. The Kier molecular flexibility index (Phi) is 5.33. The first-order valence-electron chi connectivity index (χ1n) is 6.20. The summed E-state index contributed by atoms with van der Waals surface area (Å²) in [6, 6.07) is 8.16. The topological polar surface area (TPSA) is 35.2 Å². The van der Waals surface area contributed by atoms with Gasteiger partial charge in [0.25, 0.3) is 0 Å². The quantitative estimate of drug-likeness (QED) is 0.795. The summed E-state index contributed by atoms with van der Waals surface area (Å²) in [7, 11) is 0. The molecule has 2 nitrogen and oxygen atoms in total. The molecule has 0 heterocycles. The van der Waals surface area contributed by atoms with Crippen LogP contribution in [0.15, 0.2) is 24.3 Å². The summed E-state index contributed by atoms with van der Waals surface area (Å²) in [5, 5.41) is 0. The van der Waals surface area contributed by atoms with E-state index < -0.39 is 0 Å². The van der Waals surface area contributed by atoms with E-state index in [0.717, 1.165) is 30.6 Å². The summed E-state index contributed by atoms with van der Waals surface area (Å²) in [4.78, 5) is 0. The Labute approximate surface area is 98.8 Å². The molecule has 90 valence electrons. The summed E-state index contributed by atoms with van der Waals surface area (Å²) >= 11 is 0. The van der Waals surface area contributed by atoms with Crippen LogP contribution in [-0.2, 0) is 0 Å². The predicted octanol–water partition coefficient (Wildman–Crippen LogP) is 3.66. The summed E-state index contributed by atoms with van der Waals surface area (Å²) in [6.45, 7) is 6.37. The van der Waals surface area contributed by atoms with E-state index in [0.29, 0.717) is 0 Å². The molecule has 0 fully saturated rings. The van der Waals surface area contributed by atoms with Crippen LogP contribution in [0, 0.1) is 0 Å². The molecule has 0 amide bonds. The van der Waals surface area contributed by atoms with E-state index in [1.54, 1.807) is 0 Å². The highest BCUT2D eigenvalue weighted by molar-refractivity contribution is 5.35. The minimum atomic E-state index is 0.0741. The largest absolute Gasteiger partial charge is 0.490 e. The molecule has 1 rings (SSSR count). The number of para-hydroxylation sites is 1. The lowest BCUT2D eigenvalue weighted by Crippen LogP contribution is -2.15. The minimum absolute atomic E-state index is 0.0741. The highest BCUT2D eigenvalue weighted by atomic mass is 16.5. The Bertz CT molecular complexity index is 311. The molecule has 0 radical (unpaired) electrons. The highest BCUT2D eigenvalue weighted by Gasteiger charge is 2.11. The predicted molar refractivity (Wildman–Crippen MR) is 68.7 cm³/mol. The third kappa shape index (κ3) is 3.53. The second kappa shape index (κ2) is 6.54. The van der Waals surface area contributed by atoms with E-state index in [-0.39, 0.29) is 12.1 Å². The molecule has 1 aromatic carbocycles. The first kappa shape index (κ1) is 13.0. The van der Waals surface area contributed by atoms with Crippen molar-refractivity contribution in [3.63, 3.8) is 0 Å². The minimum Gasteiger partial charge on any atom is -0.490 e. The van der Waals surface area contributed by atoms with Gasteiger partial charge in [0.1, 0.15) is 5.75 Å². The molecule has 2 N–H and O–H groups in total. The Morgan fingerprint density at radius 2 is 1.94 bits per heavy atom. The molecule has 1 unspecified atom stereocenters. The maximum Gasteiger partial charge on any atom is 0.124 e. The van der Waals surface area contributed by atoms with Crippen molar-refractivity contribution in [1.82, 2.24) is 0 Å². The van der Waals surface area contributed by atoms with Gasteiger partial charge in [-0.1, -0.05) is 38.5 Å². The maximum atomic E-state index is 6.06. The molecule has 0 spiro atoms. The zero-order valence-corrected chi connectivity index (χ0v) is 10.6. The Balaban J connectivity index is 2.78. The molecule has 16 heavy (non-hydrogen) atoms. The van der Waals surface area contributed by atoms with Gasteiger partial charge < -0.3 is 10.5 Å². The average molecular weight is 221 g/mol. The third-order valence-corrected chi connectivity index (χ3v) is 2.78. The van der Waals surface area contributed by atoms with Gasteiger partial charge in [-0.25, -0.2) is 0 Å². The maximum absolute atomic E-state index is 6.06. The number of rotatable bonds is 6. The Morgan fingerprint density at radius 3 is 2.56 bits per heavy atom. The molecular formula is C14H23NO. The summed E-state index contributed by atoms with van der Waals surface area (Å²) < 4.78 is 5.93. The third-order valence-electron chi connectivity index (χ3n) is 2.78. The van der Waals surface area contributed by atoms with Crippen molar-refractivity contribution in [3.05, 3.63) is 29.8 Å². The fourth-order valence-electron chi connectivity index (χ4n) is 1.80. The molecule has 2 atom stereocenters. The van der Waals surface area contributed by atoms with E-state index in [4.69, 9.17) is 10.5 Å². The molecule has 0 aliphatic carbocycles. The summed E-state index contributed by atoms with van der Waals surface area (Å²) in [6.07, 6.45) is 3.41. The van der Waals surface area contributed by atoms with Gasteiger partial charge in [0.2, 0.25) is 0 Å². The molecule has 0 aromatic heterocycles. The van der Waals surface area contributed by atoms with Crippen LogP contribution in [-0.4, -0.2) is 6.10 Å². The lowest BCUT2D eigenvalue weighted by Gasteiger charge is -2.19. The number of nitrogens with two attached hydrogens (primary N) is 1. The lowest BCUT2D eigenvalue weighted by molar-refractivity contribution is 0.207. The standard InChI is InChI=1S/C14H23NO/c1-4-8-11(3)16-14-10-7-6-9-12(14)13(15)5-2/h6-7,9-11,13H,4-5,8,15H2,1-3H3/t11?,13-/m1/s1. The molecule has 0 saturated carbocycles. The van der Waals surface area contributed by atoms with Crippen molar-refractivity contribution in [3.8, 4) is 5.75 Å². The summed E-state index contributed by atoms with van der Waals surface area (Å²) in [5.74, 6) is 0.942. The fourth-order valence-corrected chi connectivity index (χ4v) is 1.80. The molecular weight excluding hydrogens is 198 g/mol. The number of benzene rings is 1. The molecule has 0 saturated heterocycles. The van der Waals surface area contributed by atoms with Crippen molar-refractivity contribution in [2.24, 2.45) is 5.73 Å². The van der Waals surface area contributed by atoms with Gasteiger partial charge in [-0.2, -0.15) is 0 Å². The van der Waals surface area contributed by atoms with E-state index in [9.17, 15) is 0 Å². The molecule has 0 aliphatic heterocycles. The van der Waals surface area contributed by atoms with Crippen molar-refractivity contribution in [2.45, 2.75) is 52.2 Å². The zero-order valence-electron chi connectivity index (χ0n) is 10.6. The van der Waals surface area contributed by atoms with Crippen LogP contribution in [0.5, 0.6) is 5.75 Å². The SMILES string of the molecule is CCCC(C)Oc1ccccc1[C@H](N)CC. The van der Waals surface area contributed by atoms with Crippen LogP contribution in [0.25, 0.3) is 0 Å². The average Bonchev–Trinajstić information content (AvgIpc) is 2.29. The van der Waals surface area contributed by atoms with Crippen LogP contribution in [0.1, 0.15) is 51.6 Å². The second-order valence-electron chi connectivity index (χ2n) is 4.27.